The highest BCUT2D eigenvalue weighted by molar-refractivity contribution is 7.80. The molecule has 2 aromatic rings. The maximum atomic E-state index is 9.85. The molecule has 0 aromatic carbocycles. The molecule has 0 radical (unpaired) electrons. The van der Waals surface area contributed by atoms with Crippen LogP contribution >= 0.6 is 24.2 Å². The fourth-order valence-electron chi connectivity index (χ4n) is 2.17. The number of nitrogens with zero attached hydrogens (tertiary/aromatic N) is 4. The highest BCUT2D eigenvalue weighted by atomic mass is 35.5. The molecule has 7 nitrogen and oxygen atoms in total. The molecular formula is C10H12ClN5O2S. The number of ether oxygens (including phenoxy) is 1. The van der Waals surface area contributed by atoms with Crippen molar-refractivity contribution < 1.29 is 9.84 Å². The van der Waals surface area contributed by atoms with Crippen LogP contribution in [0, 0.1) is 0 Å². The predicted octanol–water partition coefficient (Wildman–Crippen LogP) is 0.640. The van der Waals surface area contributed by atoms with E-state index in [4.69, 9.17) is 22.1 Å². The molecule has 1 fully saturated rings. The third-order valence-electron chi connectivity index (χ3n) is 3.12. The molecule has 0 bridgehead atoms. The summed E-state index contributed by atoms with van der Waals surface area (Å²) >= 11 is 9.94. The molecule has 1 saturated heterocycles. The molecule has 1 aliphatic heterocycles. The molecule has 102 valence electrons. The van der Waals surface area contributed by atoms with E-state index in [0.29, 0.717) is 23.3 Å². The smallest absolute Gasteiger partial charge is 0.226 e. The van der Waals surface area contributed by atoms with Gasteiger partial charge in [-0.25, -0.2) is 4.98 Å². The van der Waals surface area contributed by atoms with Crippen LogP contribution in [0.1, 0.15) is 12.6 Å². The van der Waals surface area contributed by atoms with Crippen molar-refractivity contribution in [3.05, 3.63) is 11.6 Å². The Balaban J connectivity index is 2.02. The molecule has 0 spiro atoms. The van der Waals surface area contributed by atoms with Crippen LogP contribution in [0.15, 0.2) is 6.33 Å². The van der Waals surface area contributed by atoms with E-state index in [9.17, 15) is 5.11 Å². The van der Waals surface area contributed by atoms with E-state index in [1.807, 2.05) is 0 Å². The molecule has 3 heterocycles. The molecule has 1 aliphatic rings. The first kappa shape index (κ1) is 12.9. The van der Waals surface area contributed by atoms with E-state index in [-0.39, 0.29) is 23.4 Å². The Labute approximate surface area is 119 Å². The largest absolute Gasteiger partial charge is 0.390 e. The van der Waals surface area contributed by atoms with Crippen LogP contribution in [0.4, 0.5) is 5.82 Å². The zero-order valence-corrected chi connectivity index (χ0v) is 11.4. The number of hydrogen-bond donors (Lipinski definition) is 3. The molecule has 3 atom stereocenters. The first-order valence-corrected chi connectivity index (χ1v) is 6.71. The first-order valence-electron chi connectivity index (χ1n) is 5.70. The molecule has 2 aromatic heterocycles. The Morgan fingerprint density at radius 2 is 2.37 bits per heavy atom. The van der Waals surface area contributed by atoms with Gasteiger partial charge in [-0.2, -0.15) is 22.6 Å². The number of imidazole rings is 1. The summed E-state index contributed by atoms with van der Waals surface area (Å²) in [5, 5.41) is 9.90. The van der Waals surface area contributed by atoms with Crippen molar-refractivity contribution in [1.29, 1.82) is 0 Å². The summed E-state index contributed by atoms with van der Waals surface area (Å²) in [6, 6.07) is 0. The van der Waals surface area contributed by atoms with Gasteiger partial charge in [-0.3, -0.25) is 4.57 Å². The highest BCUT2D eigenvalue weighted by Crippen LogP contribution is 2.32. The number of anilines is 1. The van der Waals surface area contributed by atoms with E-state index in [1.165, 1.54) is 0 Å². The van der Waals surface area contributed by atoms with Crippen molar-refractivity contribution in [1.82, 2.24) is 19.5 Å². The van der Waals surface area contributed by atoms with Crippen LogP contribution in [0.3, 0.4) is 0 Å². The van der Waals surface area contributed by atoms with Gasteiger partial charge in [0.1, 0.15) is 11.7 Å². The Hall–Kier alpha value is -1.09. The lowest BCUT2D eigenvalue weighted by Crippen LogP contribution is -2.22. The number of nitrogen functional groups attached to an aromatic ring is 1. The maximum absolute atomic E-state index is 9.85. The molecule has 0 saturated carbocycles. The lowest BCUT2D eigenvalue weighted by molar-refractivity contribution is -0.00353. The average molecular weight is 302 g/mol. The van der Waals surface area contributed by atoms with Crippen LogP contribution in [0.25, 0.3) is 11.2 Å². The van der Waals surface area contributed by atoms with Crippen molar-refractivity contribution in [2.45, 2.75) is 24.9 Å². The molecule has 0 aliphatic carbocycles. The lowest BCUT2D eigenvalue weighted by atomic mass is 10.2. The Kier molecular flexibility index (Phi) is 3.25. The number of halogens is 1. The summed E-state index contributed by atoms with van der Waals surface area (Å²) in [7, 11) is 0. The van der Waals surface area contributed by atoms with E-state index in [0.717, 1.165) is 0 Å². The van der Waals surface area contributed by atoms with Crippen LogP contribution in [-0.4, -0.2) is 42.6 Å². The predicted molar refractivity (Wildman–Crippen MR) is 73.1 cm³/mol. The van der Waals surface area contributed by atoms with Crippen molar-refractivity contribution in [3.63, 3.8) is 0 Å². The van der Waals surface area contributed by atoms with E-state index >= 15 is 0 Å². The van der Waals surface area contributed by atoms with Crippen LogP contribution in [-0.2, 0) is 4.74 Å². The monoisotopic (exact) mass is 301 g/mol. The minimum Gasteiger partial charge on any atom is -0.390 e. The zero-order chi connectivity index (χ0) is 13.6. The second-order valence-electron chi connectivity index (χ2n) is 4.32. The van der Waals surface area contributed by atoms with Crippen LogP contribution in [0.5, 0.6) is 0 Å². The summed E-state index contributed by atoms with van der Waals surface area (Å²) < 4.78 is 7.41. The van der Waals surface area contributed by atoms with E-state index in [1.54, 1.807) is 10.9 Å². The topological polar surface area (TPSA) is 99.1 Å². The van der Waals surface area contributed by atoms with Gasteiger partial charge in [0.05, 0.1) is 18.5 Å². The zero-order valence-electron chi connectivity index (χ0n) is 9.77. The SMILES string of the molecule is Nc1nc(Cl)nc2c1ncn2[C@H]1C[C@@H](O)[C@H](CS)O1. The fourth-order valence-corrected chi connectivity index (χ4v) is 2.67. The molecule has 0 unspecified atom stereocenters. The third-order valence-corrected chi connectivity index (χ3v) is 3.64. The molecule has 0 amide bonds. The standard InChI is InChI=1S/C10H12ClN5O2S/c11-10-14-8(12)7-9(15-10)16(3-13-7)6-1-4(17)5(2-19)18-6/h3-6,17,19H,1-2H2,(H2,12,14,15)/t4-,5+,6-/m1/s1. The molecule has 19 heavy (non-hydrogen) atoms. The number of aromatic nitrogens is 4. The normalized spacial score (nSPS) is 27.2. The second kappa shape index (κ2) is 4.78. The van der Waals surface area contributed by atoms with Gasteiger partial charge in [-0.05, 0) is 11.6 Å². The van der Waals surface area contributed by atoms with Gasteiger partial charge in [-0.1, -0.05) is 0 Å². The summed E-state index contributed by atoms with van der Waals surface area (Å²) in [6.07, 6.45) is 0.778. The van der Waals surface area contributed by atoms with Gasteiger partial charge in [0, 0.05) is 12.2 Å². The van der Waals surface area contributed by atoms with Crippen molar-refractivity contribution in [3.8, 4) is 0 Å². The van der Waals surface area contributed by atoms with Gasteiger partial charge >= 0.3 is 0 Å². The van der Waals surface area contributed by atoms with Gasteiger partial charge in [0.25, 0.3) is 0 Å². The Morgan fingerprint density at radius 1 is 1.58 bits per heavy atom. The van der Waals surface area contributed by atoms with E-state index in [2.05, 4.69) is 27.6 Å². The summed E-state index contributed by atoms with van der Waals surface area (Å²) in [5.41, 5.74) is 6.70. The molecule has 3 rings (SSSR count). The fraction of sp³-hybridized carbons (Fsp3) is 0.500. The highest BCUT2D eigenvalue weighted by Gasteiger charge is 2.35. The van der Waals surface area contributed by atoms with Gasteiger partial charge in [0.2, 0.25) is 5.28 Å². The number of aliphatic hydroxyl groups is 1. The minimum absolute atomic E-state index is 0.0519. The number of fused-ring (bicyclic) bond motifs is 1. The summed E-state index contributed by atoms with van der Waals surface area (Å²) in [5.74, 6) is 0.667. The van der Waals surface area contributed by atoms with Crippen LogP contribution in [0.2, 0.25) is 5.28 Å². The summed E-state index contributed by atoms with van der Waals surface area (Å²) in [4.78, 5) is 12.1. The molecule has 9 heteroatoms. The molecule has 3 N–H and O–H groups in total. The third kappa shape index (κ3) is 2.14. The number of aliphatic hydroxyl groups excluding tert-OH is 1. The number of rotatable bonds is 2. The number of nitrogens with two attached hydrogens (primary N) is 1. The maximum Gasteiger partial charge on any atom is 0.226 e. The first-order chi connectivity index (χ1) is 9.10. The van der Waals surface area contributed by atoms with Crippen molar-refractivity contribution >= 4 is 41.2 Å². The lowest BCUT2D eigenvalue weighted by Gasteiger charge is -2.13. The summed E-state index contributed by atoms with van der Waals surface area (Å²) in [6.45, 7) is 0. The van der Waals surface area contributed by atoms with E-state index < -0.39 is 6.10 Å². The minimum atomic E-state index is -0.561. The Bertz CT molecular complexity index is 621. The Morgan fingerprint density at radius 3 is 3.05 bits per heavy atom. The molecular weight excluding hydrogens is 290 g/mol. The van der Waals surface area contributed by atoms with Gasteiger partial charge in [-0.15, -0.1) is 0 Å². The van der Waals surface area contributed by atoms with Gasteiger partial charge < -0.3 is 15.6 Å². The van der Waals surface area contributed by atoms with Gasteiger partial charge in [0.15, 0.2) is 11.5 Å². The van der Waals surface area contributed by atoms with Crippen molar-refractivity contribution in [2.24, 2.45) is 0 Å². The number of thiol groups is 1. The van der Waals surface area contributed by atoms with Crippen molar-refractivity contribution in [2.75, 3.05) is 11.5 Å². The van der Waals surface area contributed by atoms with Crippen LogP contribution < -0.4 is 5.73 Å². The second-order valence-corrected chi connectivity index (χ2v) is 5.02. The quantitative estimate of drug-likeness (QED) is 0.556. The average Bonchev–Trinajstić information content (AvgIpc) is 2.92. The number of hydrogen-bond acceptors (Lipinski definition) is 7.